The highest BCUT2D eigenvalue weighted by molar-refractivity contribution is 6.30. The molecule has 6 heteroatoms. The molecular formula is C20H20Cl2N2O2. The highest BCUT2D eigenvalue weighted by atomic mass is 35.5. The van der Waals surface area contributed by atoms with E-state index in [1.54, 1.807) is 35.2 Å². The fourth-order valence-electron chi connectivity index (χ4n) is 3.13. The summed E-state index contributed by atoms with van der Waals surface area (Å²) in [6.45, 7) is 1.53. The number of rotatable bonds is 4. The van der Waals surface area contributed by atoms with Gasteiger partial charge >= 0.3 is 0 Å². The van der Waals surface area contributed by atoms with E-state index in [1.807, 2.05) is 18.2 Å². The van der Waals surface area contributed by atoms with Crippen LogP contribution < -0.4 is 5.32 Å². The lowest BCUT2D eigenvalue weighted by molar-refractivity contribution is -0.126. The Morgan fingerprint density at radius 3 is 2.58 bits per heavy atom. The van der Waals surface area contributed by atoms with Crippen LogP contribution in [-0.4, -0.2) is 29.8 Å². The smallest absolute Gasteiger partial charge is 0.253 e. The molecule has 0 aromatic heterocycles. The number of hydrogen-bond acceptors (Lipinski definition) is 2. The van der Waals surface area contributed by atoms with Crippen LogP contribution in [0.5, 0.6) is 0 Å². The third-order valence-corrected chi connectivity index (χ3v) is 5.01. The van der Waals surface area contributed by atoms with Crippen molar-refractivity contribution in [3.05, 3.63) is 69.7 Å². The second-order valence-electron chi connectivity index (χ2n) is 6.44. The van der Waals surface area contributed by atoms with Crippen LogP contribution in [0.3, 0.4) is 0 Å². The Labute approximate surface area is 163 Å². The largest absolute Gasteiger partial charge is 0.352 e. The van der Waals surface area contributed by atoms with Crippen molar-refractivity contribution in [3.63, 3.8) is 0 Å². The van der Waals surface area contributed by atoms with Crippen molar-refractivity contribution in [2.45, 2.75) is 19.4 Å². The lowest BCUT2D eigenvalue weighted by atomic mass is 9.96. The van der Waals surface area contributed by atoms with Crippen LogP contribution in [0.1, 0.15) is 28.8 Å². The zero-order valence-corrected chi connectivity index (χ0v) is 15.8. The van der Waals surface area contributed by atoms with Crippen molar-refractivity contribution < 1.29 is 9.59 Å². The summed E-state index contributed by atoms with van der Waals surface area (Å²) in [5.41, 5.74) is 1.55. The average molecular weight is 391 g/mol. The van der Waals surface area contributed by atoms with Crippen molar-refractivity contribution in [3.8, 4) is 0 Å². The Hall–Kier alpha value is -2.04. The number of likely N-dealkylation sites (tertiary alicyclic amines) is 1. The molecule has 0 radical (unpaired) electrons. The molecule has 1 N–H and O–H groups in total. The molecule has 26 heavy (non-hydrogen) atoms. The van der Waals surface area contributed by atoms with Crippen molar-refractivity contribution in [2.75, 3.05) is 13.1 Å². The molecule has 4 nitrogen and oxygen atoms in total. The second kappa shape index (κ2) is 8.56. The standard InChI is InChI=1S/C20H20Cl2N2O2/c21-17-8-6-15(7-9-17)20(26)24-10-2-4-16(13-24)19(25)23-12-14-3-1-5-18(22)11-14/h1,3,5-9,11,16H,2,4,10,12-13H2,(H,23,25). The minimum absolute atomic E-state index is 0.0291. The number of halogens is 2. The number of benzene rings is 2. The summed E-state index contributed by atoms with van der Waals surface area (Å²) in [6, 6.07) is 14.2. The Balaban J connectivity index is 1.58. The van der Waals surface area contributed by atoms with Gasteiger partial charge in [0.15, 0.2) is 0 Å². The lowest BCUT2D eigenvalue weighted by Crippen LogP contribution is -2.45. The summed E-state index contributed by atoms with van der Waals surface area (Å²) in [6.07, 6.45) is 1.60. The summed E-state index contributed by atoms with van der Waals surface area (Å²) >= 11 is 11.8. The van der Waals surface area contributed by atoms with Crippen molar-refractivity contribution in [2.24, 2.45) is 5.92 Å². The molecule has 1 aliphatic heterocycles. The molecule has 1 heterocycles. The Kier molecular flexibility index (Phi) is 6.17. The van der Waals surface area contributed by atoms with Gasteiger partial charge in [0.2, 0.25) is 5.91 Å². The summed E-state index contributed by atoms with van der Waals surface area (Å²) < 4.78 is 0. The van der Waals surface area contributed by atoms with Crippen LogP contribution in [0.2, 0.25) is 10.0 Å². The van der Waals surface area contributed by atoms with Crippen LogP contribution in [0, 0.1) is 5.92 Å². The minimum atomic E-state index is -0.195. The zero-order chi connectivity index (χ0) is 18.5. The van der Waals surface area contributed by atoms with Gasteiger partial charge in [-0.15, -0.1) is 0 Å². The number of nitrogens with zero attached hydrogens (tertiary/aromatic N) is 1. The fourth-order valence-corrected chi connectivity index (χ4v) is 3.47. The highest BCUT2D eigenvalue weighted by Crippen LogP contribution is 2.20. The molecule has 1 unspecified atom stereocenters. The average Bonchev–Trinajstić information content (AvgIpc) is 2.66. The van der Waals surface area contributed by atoms with Gasteiger partial charge in [-0.25, -0.2) is 0 Å². The van der Waals surface area contributed by atoms with E-state index in [4.69, 9.17) is 23.2 Å². The molecule has 2 aromatic carbocycles. The first kappa shape index (κ1) is 18.7. The van der Waals surface area contributed by atoms with Gasteiger partial charge in [0.1, 0.15) is 0 Å². The van der Waals surface area contributed by atoms with E-state index in [9.17, 15) is 9.59 Å². The predicted molar refractivity (Wildman–Crippen MR) is 103 cm³/mol. The van der Waals surface area contributed by atoms with Crippen LogP contribution >= 0.6 is 23.2 Å². The second-order valence-corrected chi connectivity index (χ2v) is 7.32. The van der Waals surface area contributed by atoms with Crippen LogP contribution in [0.15, 0.2) is 48.5 Å². The van der Waals surface area contributed by atoms with Crippen LogP contribution in [0.25, 0.3) is 0 Å². The maximum absolute atomic E-state index is 12.6. The summed E-state index contributed by atoms with van der Waals surface area (Å²) in [4.78, 5) is 26.9. The van der Waals surface area contributed by atoms with Gasteiger partial charge in [0.25, 0.3) is 5.91 Å². The van der Waals surface area contributed by atoms with Crippen LogP contribution in [-0.2, 0) is 11.3 Å². The molecule has 0 aliphatic carbocycles. The van der Waals surface area contributed by atoms with Gasteiger partial charge in [-0.1, -0.05) is 35.3 Å². The third kappa shape index (κ3) is 4.77. The molecule has 1 saturated heterocycles. The molecule has 1 aliphatic rings. The summed E-state index contributed by atoms with van der Waals surface area (Å²) in [5, 5.41) is 4.19. The number of amides is 2. The minimum Gasteiger partial charge on any atom is -0.352 e. The first-order valence-electron chi connectivity index (χ1n) is 8.60. The molecule has 1 atom stereocenters. The van der Waals surface area contributed by atoms with E-state index in [1.165, 1.54) is 0 Å². The summed E-state index contributed by atoms with van der Waals surface area (Å²) in [5.74, 6) is -0.285. The van der Waals surface area contributed by atoms with Crippen molar-refractivity contribution >= 4 is 35.0 Å². The fraction of sp³-hybridized carbons (Fsp3) is 0.300. The normalized spacial score (nSPS) is 17.0. The molecular weight excluding hydrogens is 371 g/mol. The first-order chi connectivity index (χ1) is 12.5. The van der Waals surface area contributed by atoms with Crippen molar-refractivity contribution in [1.82, 2.24) is 10.2 Å². The number of nitrogens with one attached hydrogen (secondary N) is 1. The number of carbonyl (C=O) groups is 2. The zero-order valence-electron chi connectivity index (χ0n) is 14.3. The van der Waals surface area contributed by atoms with Gasteiger partial charge in [-0.3, -0.25) is 9.59 Å². The number of carbonyl (C=O) groups excluding carboxylic acids is 2. The Morgan fingerprint density at radius 2 is 1.85 bits per heavy atom. The topological polar surface area (TPSA) is 49.4 Å². The molecule has 2 amide bonds. The quantitative estimate of drug-likeness (QED) is 0.851. The van der Waals surface area contributed by atoms with Gasteiger partial charge in [0.05, 0.1) is 5.92 Å². The SMILES string of the molecule is O=C(NCc1cccc(Cl)c1)C1CCCN(C(=O)c2ccc(Cl)cc2)C1. The monoisotopic (exact) mass is 390 g/mol. The predicted octanol–water partition coefficient (Wildman–Crippen LogP) is 4.16. The van der Waals surface area contributed by atoms with E-state index in [0.29, 0.717) is 35.2 Å². The summed E-state index contributed by atoms with van der Waals surface area (Å²) in [7, 11) is 0. The van der Waals surface area contributed by atoms with Gasteiger partial charge in [-0.2, -0.15) is 0 Å². The van der Waals surface area contributed by atoms with E-state index >= 15 is 0 Å². The van der Waals surface area contributed by atoms with E-state index < -0.39 is 0 Å². The Morgan fingerprint density at radius 1 is 1.08 bits per heavy atom. The molecule has 3 rings (SSSR count). The number of piperidine rings is 1. The molecule has 136 valence electrons. The first-order valence-corrected chi connectivity index (χ1v) is 9.35. The van der Waals surface area contributed by atoms with E-state index in [0.717, 1.165) is 18.4 Å². The number of hydrogen-bond donors (Lipinski definition) is 1. The molecule has 0 bridgehead atoms. The molecule has 0 spiro atoms. The van der Waals surface area contributed by atoms with Gasteiger partial charge in [-0.05, 0) is 54.8 Å². The molecule has 2 aromatic rings. The Bertz CT molecular complexity index is 793. The molecule has 0 saturated carbocycles. The van der Waals surface area contributed by atoms with E-state index in [-0.39, 0.29) is 17.7 Å². The lowest BCUT2D eigenvalue weighted by Gasteiger charge is -2.32. The van der Waals surface area contributed by atoms with Crippen LogP contribution in [0.4, 0.5) is 0 Å². The maximum Gasteiger partial charge on any atom is 0.253 e. The van der Waals surface area contributed by atoms with E-state index in [2.05, 4.69) is 5.32 Å². The van der Waals surface area contributed by atoms with Crippen molar-refractivity contribution in [1.29, 1.82) is 0 Å². The third-order valence-electron chi connectivity index (χ3n) is 4.53. The highest BCUT2D eigenvalue weighted by Gasteiger charge is 2.28. The molecule has 1 fully saturated rings. The maximum atomic E-state index is 12.6. The van der Waals surface area contributed by atoms with Gasteiger partial charge in [0, 0.05) is 35.2 Å². The van der Waals surface area contributed by atoms with Gasteiger partial charge < -0.3 is 10.2 Å².